The number of amides is 1. The Bertz CT molecular complexity index is 1210. The zero-order valence-corrected chi connectivity index (χ0v) is 18.3. The molecule has 7 heteroatoms. The molecule has 0 saturated carbocycles. The zero-order valence-electron chi connectivity index (χ0n) is 18.3. The van der Waals surface area contributed by atoms with Crippen molar-refractivity contribution in [3.8, 4) is 5.75 Å². The van der Waals surface area contributed by atoms with Crippen LogP contribution in [-0.2, 0) is 14.3 Å². The van der Waals surface area contributed by atoms with Gasteiger partial charge in [0, 0.05) is 42.4 Å². The minimum atomic E-state index is -0.729. The number of aryl methyl sites for hydroxylation is 1. The van der Waals surface area contributed by atoms with Crippen LogP contribution in [0.3, 0.4) is 0 Å². The predicted octanol–water partition coefficient (Wildman–Crippen LogP) is 3.94. The van der Waals surface area contributed by atoms with E-state index in [2.05, 4.69) is 4.98 Å². The average molecular weight is 434 g/mol. The topological polar surface area (TPSA) is 91.9 Å². The van der Waals surface area contributed by atoms with Crippen molar-refractivity contribution in [2.45, 2.75) is 19.4 Å². The van der Waals surface area contributed by atoms with Crippen LogP contribution in [0.4, 0.5) is 0 Å². The van der Waals surface area contributed by atoms with E-state index in [1.807, 2.05) is 31.2 Å². The molecule has 0 aliphatic carbocycles. The molecular formula is C25H26N2O5. The molecule has 1 atom stereocenters. The zero-order chi connectivity index (χ0) is 22.8. The maximum atomic E-state index is 13.2. The minimum absolute atomic E-state index is 0.0600. The predicted molar refractivity (Wildman–Crippen MR) is 122 cm³/mol. The number of aromatic nitrogens is 1. The van der Waals surface area contributed by atoms with E-state index < -0.39 is 17.7 Å². The Morgan fingerprint density at radius 1 is 1.09 bits per heavy atom. The first-order valence-electron chi connectivity index (χ1n) is 10.5. The number of likely N-dealkylation sites (tertiary alicyclic amines) is 1. The van der Waals surface area contributed by atoms with Gasteiger partial charge in [0.2, 0.25) is 0 Å². The van der Waals surface area contributed by atoms with Gasteiger partial charge in [-0.05, 0) is 31.5 Å². The van der Waals surface area contributed by atoms with Crippen molar-refractivity contribution < 1.29 is 24.2 Å². The van der Waals surface area contributed by atoms with E-state index in [0.29, 0.717) is 30.9 Å². The van der Waals surface area contributed by atoms with E-state index in [4.69, 9.17) is 9.47 Å². The Balaban J connectivity index is 1.96. The minimum Gasteiger partial charge on any atom is -0.507 e. The van der Waals surface area contributed by atoms with Crippen LogP contribution in [0.1, 0.15) is 29.3 Å². The molecule has 1 aliphatic heterocycles. The molecule has 32 heavy (non-hydrogen) atoms. The second-order valence-electron chi connectivity index (χ2n) is 7.75. The van der Waals surface area contributed by atoms with Crippen molar-refractivity contribution in [1.29, 1.82) is 0 Å². The quantitative estimate of drug-likeness (QED) is 0.254. The number of benzene rings is 2. The molecule has 7 nitrogen and oxygen atoms in total. The van der Waals surface area contributed by atoms with Crippen LogP contribution >= 0.6 is 0 Å². The van der Waals surface area contributed by atoms with E-state index in [1.165, 1.54) is 12.0 Å². The van der Waals surface area contributed by atoms with Gasteiger partial charge in [-0.2, -0.15) is 0 Å². The average Bonchev–Trinajstić information content (AvgIpc) is 3.26. The molecule has 1 amide bonds. The van der Waals surface area contributed by atoms with Gasteiger partial charge in [0.15, 0.2) is 0 Å². The van der Waals surface area contributed by atoms with E-state index in [1.54, 1.807) is 31.4 Å². The summed E-state index contributed by atoms with van der Waals surface area (Å²) in [5.41, 5.74) is 2.96. The lowest BCUT2D eigenvalue weighted by Gasteiger charge is -2.25. The largest absolute Gasteiger partial charge is 0.507 e. The molecule has 3 aromatic rings. The summed E-state index contributed by atoms with van der Waals surface area (Å²) in [7, 11) is 3.09. The highest BCUT2D eigenvalue weighted by molar-refractivity contribution is 6.46. The number of nitrogens with one attached hydrogen (secondary N) is 1. The Kier molecular flexibility index (Phi) is 6.01. The molecule has 0 spiro atoms. The van der Waals surface area contributed by atoms with Gasteiger partial charge in [-0.3, -0.25) is 9.59 Å². The Labute approximate surface area is 186 Å². The number of carbonyl (C=O) groups is 2. The van der Waals surface area contributed by atoms with Gasteiger partial charge in [-0.1, -0.05) is 30.3 Å². The second-order valence-corrected chi connectivity index (χ2v) is 7.75. The number of methoxy groups -OCH3 is 2. The van der Waals surface area contributed by atoms with Gasteiger partial charge in [0.05, 0.1) is 24.3 Å². The lowest BCUT2D eigenvalue weighted by molar-refractivity contribution is -0.140. The van der Waals surface area contributed by atoms with Crippen molar-refractivity contribution in [2.75, 3.05) is 27.4 Å². The summed E-state index contributed by atoms with van der Waals surface area (Å²) in [6, 6.07) is 13.9. The number of hydrogen-bond acceptors (Lipinski definition) is 5. The lowest BCUT2D eigenvalue weighted by Crippen LogP contribution is -2.31. The molecule has 1 aromatic heterocycles. The van der Waals surface area contributed by atoms with Crippen molar-refractivity contribution in [3.05, 3.63) is 70.9 Å². The van der Waals surface area contributed by atoms with Crippen LogP contribution in [0.5, 0.6) is 5.75 Å². The SMILES string of the molecule is COCCCN1C(=O)C(=O)/C(=C(/O)c2ccccc2OC)C1c1c(C)[nH]c2ccccc12. The summed E-state index contributed by atoms with van der Waals surface area (Å²) in [4.78, 5) is 31.2. The molecule has 2 aromatic carbocycles. The number of fused-ring (bicyclic) bond motifs is 1. The fourth-order valence-corrected chi connectivity index (χ4v) is 4.43. The molecule has 166 valence electrons. The number of aliphatic hydroxyl groups is 1. The molecule has 0 bridgehead atoms. The number of rotatable bonds is 7. The third-order valence-corrected chi connectivity index (χ3v) is 5.87. The smallest absolute Gasteiger partial charge is 0.295 e. The Morgan fingerprint density at radius 3 is 2.56 bits per heavy atom. The third-order valence-electron chi connectivity index (χ3n) is 5.87. The van der Waals surface area contributed by atoms with Crippen LogP contribution in [0.25, 0.3) is 16.7 Å². The summed E-state index contributed by atoms with van der Waals surface area (Å²) < 4.78 is 10.5. The number of para-hydroxylation sites is 2. The van der Waals surface area contributed by atoms with Crippen molar-refractivity contribution in [1.82, 2.24) is 9.88 Å². The van der Waals surface area contributed by atoms with Crippen molar-refractivity contribution in [3.63, 3.8) is 0 Å². The number of hydrogen-bond donors (Lipinski definition) is 2. The lowest BCUT2D eigenvalue weighted by atomic mass is 9.93. The summed E-state index contributed by atoms with van der Waals surface area (Å²) in [5.74, 6) is -1.16. The van der Waals surface area contributed by atoms with Gasteiger partial charge in [-0.15, -0.1) is 0 Å². The second kappa shape index (κ2) is 8.88. The first kappa shape index (κ1) is 21.6. The fourth-order valence-electron chi connectivity index (χ4n) is 4.43. The molecule has 1 fully saturated rings. The van der Waals surface area contributed by atoms with Gasteiger partial charge < -0.3 is 24.5 Å². The number of nitrogens with zero attached hydrogens (tertiary/aromatic N) is 1. The number of H-pyrrole nitrogens is 1. The molecule has 4 rings (SSSR count). The highest BCUT2D eigenvalue weighted by Crippen LogP contribution is 2.44. The van der Waals surface area contributed by atoms with Gasteiger partial charge in [0.1, 0.15) is 11.5 Å². The highest BCUT2D eigenvalue weighted by atomic mass is 16.5. The molecule has 1 saturated heterocycles. The Morgan fingerprint density at radius 2 is 1.81 bits per heavy atom. The Hall–Kier alpha value is -3.58. The summed E-state index contributed by atoms with van der Waals surface area (Å²) >= 11 is 0. The van der Waals surface area contributed by atoms with Gasteiger partial charge in [0.25, 0.3) is 11.7 Å². The number of aliphatic hydroxyl groups excluding tert-OH is 1. The molecule has 1 unspecified atom stereocenters. The van der Waals surface area contributed by atoms with Crippen LogP contribution in [-0.4, -0.2) is 54.1 Å². The third kappa shape index (κ3) is 3.54. The highest BCUT2D eigenvalue weighted by Gasteiger charge is 2.47. The van der Waals surface area contributed by atoms with E-state index in [0.717, 1.165) is 22.2 Å². The number of ether oxygens (including phenoxy) is 2. The number of Topliss-reactive ketones (excluding diaryl/α,β-unsaturated/α-hetero) is 1. The first-order chi connectivity index (χ1) is 15.5. The summed E-state index contributed by atoms with van der Waals surface area (Å²) in [5, 5.41) is 12.2. The van der Waals surface area contributed by atoms with E-state index in [9.17, 15) is 14.7 Å². The molecule has 2 N–H and O–H groups in total. The fraction of sp³-hybridized carbons (Fsp3) is 0.280. The molecular weight excluding hydrogens is 408 g/mol. The number of ketones is 1. The maximum Gasteiger partial charge on any atom is 0.295 e. The molecule has 2 heterocycles. The van der Waals surface area contributed by atoms with E-state index >= 15 is 0 Å². The standard InChI is InChI=1S/C25H26N2O5/c1-15-20(16-9-4-6-11-18(16)26-15)22-21(23(28)17-10-5-7-12-19(17)32-3)24(29)25(30)27(22)13-8-14-31-2/h4-7,9-12,22,26,28H,8,13-14H2,1-3H3/b23-21+. The monoisotopic (exact) mass is 434 g/mol. The van der Waals surface area contributed by atoms with Crippen LogP contribution in [0.2, 0.25) is 0 Å². The maximum absolute atomic E-state index is 13.2. The van der Waals surface area contributed by atoms with Crippen LogP contribution < -0.4 is 4.74 Å². The van der Waals surface area contributed by atoms with Crippen molar-refractivity contribution in [2.24, 2.45) is 0 Å². The molecule has 1 aliphatic rings. The number of aromatic amines is 1. The van der Waals surface area contributed by atoms with E-state index in [-0.39, 0.29) is 11.3 Å². The van der Waals surface area contributed by atoms with Gasteiger partial charge in [-0.25, -0.2) is 0 Å². The summed E-state index contributed by atoms with van der Waals surface area (Å²) in [6.45, 7) is 2.69. The normalized spacial score (nSPS) is 18.0. The van der Waals surface area contributed by atoms with Gasteiger partial charge >= 0.3 is 0 Å². The first-order valence-corrected chi connectivity index (χ1v) is 10.5. The van der Waals surface area contributed by atoms with Crippen molar-refractivity contribution >= 4 is 28.4 Å². The van der Waals surface area contributed by atoms with Crippen LogP contribution in [0.15, 0.2) is 54.1 Å². The van der Waals surface area contributed by atoms with Crippen LogP contribution in [0, 0.1) is 6.92 Å². The number of carbonyl (C=O) groups excluding carboxylic acids is 2. The molecule has 0 radical (unpaired) electrons. The summed E-state index contributed by atoms with van der Waals surface area (Å²) in [6.07, 6.45) is 0.566.